The van der Waals surface area contributed by atoms with E-state index in [9.17, 15) is 18.0 Å². The van der Waals surface area contributed by atoms with Crippen LogP contribution in [-0.2, 0) is 16.1 Å². The summed E-state index contributed by atoms with van der Waals surface area (Å²) < 4.78 is 37.1. The Hall–Kier alpha value is -2.00. The molecule has 2 rings (SSSR count). The fourth-order valence-corrected chi connectivity index (χ4v) is 3.16. The monoisotopic (exact) mass is 425 g/mol. The van der Waals surface area contributed by atoms with E-state index in [1.165, 1.54) is 0 Å². The number of likely N-dealkylation sites (tertiary alicyclic amines) is 1. The van der Waals surface area contributed by atoms with E-state index in [2.05, 4.69) is 4.90 Å². The summed E-state index contributed by atoms with van der Waals surface area (Å²) in [6.07, 6.45) is -1.82. The highest BCUT2D eigenvalue weighted by Crippen LogP contribution is 2.27. The topological polar surface area (TPSA) is 87.1 Å². The van der Waals surface area contributed by atoms with Crippen molar-refractivity contribution in [1.29, 1.82) is 0 Å². The summed E-state index contributed by atoms with van der Waals surface area (Å²) >= 11 is 6.07. The molecule has 1 heterocycles. The number of hydrogen-bond acceptors (Lipinski definition) is 4. The number of aliphatic carboxylic acids is 2. The molecular formula is C18H23ClF3NO5. The number of piperidine rings is 1. The summed E-state index contributed by atoms with van der Waals surface area (Å²) in [6, 6.07) is 5.67. The zero-order valence-corrected chi connectivity index (χ0v) is 16.1. The van der Waals surface area contributed by atoms with E-state index in [1.54, 1.807) is 7.11 Å². The van der Waals surface area contributed by atoms with Gasteiger partial charge in [0, 0.05) is 30.1 Å². The van der Waals surface area contributed by atoms with Crippen LogP contribution in [0.1, 0.15) is 31.2 Å². The third-order valence-electron chi connectivity index (χ3n) is 4.25. The van der Waals surface area contributed by atoms with Gasteiger partial charge in [-0.25, -0.2) is 4.79 Å². The first-order valence-electron chi connectivity index (χ1n) is 8.59. The maximum atomic E-state index is 10.7. The zero-order valence-electron chi connectivity index (χ0n) is 15.3. The normalized spacial score (nSPS) is 17.4. The maximum Gasteiger partial charge on any atom is 0.490 e. The second-order valence-electron chi connectivity index (χ2n) is 6.43. The smallest absolute Gasteiger partial charge is 0.490 e. The van der Waals surface area contributed by atoms with Crippen molar-refractivity contribution < 1.29 is 37.7 Å². The molecule has 1 unspecified atom stereocenters. The highest BCUT2D eigenvalue weighted by molar-refractivity contribution is 6.30. The predicted octanol–water partition coefficient (Wildman–Crippen LogP) is 4.06. The Morgan fingerprint density at radius 3 is 2.50 bits per heavy atom. The van der Waals surface area contributed by atoms with Crippen molar-refractivity contribution in [1.82, 2.24) is 4.90 Å². The molecule has 0 aromatic heterocycles. The second kappa shape index (κ2) is 11.1. The molecule has 0 saturated carbocycles. The highest BCUT2D eigenvalue weighted by Gasteiger charge is 2.38. The summed E-state index contributed by atoms with van der Waals surface area (Å²) in [5.74, 6) is -2.14. The van der Waals surface area contributed by atoms with Gasteiger partial charge in [-0.3, -0.25) is 9.69 Å². The Labute approximate surface area is 165 Å². The highest BCUT2D eigenvalue weighted by atomic mass is 35.5. The molecule has 2 N–H and O–H groups in total. The SMILES string of the molecule is COc1ccc(Cl)cc1CN1CCCC(CCC(=O)O)C1.O=C(O)C(F)(F)F. The number of ether oxygens (including phenoxy) is 1. The van der Waals surface area contributed by atoms with Crippen LogP contribution in [0.25, 0.3) is 0 Å². The van der Waals surface area contributed by atoms with E-state index in [-0.39, 0.29) is 6.42 Å². The van der Waals surface area contributed by atoms with Crippen LogP contribution >= 0.6 is 11.6 Å². The molecule has 158 valence electrons. The standard InChI is InChI=1S/C16H22ClNO3.C2HF3O2/c1-21-15-6-5-14(17)9-13(15)11-18-8-2-3-12(10-18)4-7-16(19)20;3-2(4,5)1(6)7/h5-6,9,12H,2-4,7-8,10-11H2,1H3,(H,19,20);(H,6,7). The molecule has 0 bridgehead atoms. The van der Waals surface area contributed by atoms with E-state index in [0.29, 0.717) is 10.9 Å². The van der Waals surface area contributed by atoms with E-state index in [1.807, 2.05) is 18.2 Å². The quantitative estimate of drug-likeness (QED) is 0.714. The van der Waals surface area contributed by atoms with Crippen molar-refractivity contribution in [3.05, 3.63) is 28.8 Å². The van der Waals surface area contributed by atoms with Crippen LogP contribution in [0.2, 0.25) is 5.02 Å². The lowest BCUT2D eigenvalue weighted by atomic mass is 9.93. The number of methoxy groups -OCH3 is 1. The molecule has 1 saturated heterocycles. The number of nitrogens with zero attached hydrogens (tertiary/aromatic N) is 1. The predicted molar refractivity (Wildman–Crippen MR) is 96.6 cm³/mol. The van der Waals surface area contributed by atoms with Crippen molar-refractivity contribution in [3.8, 4) is 5.75 Å². The Morgan fingerprint density at radius 1 is 1.32 bits per heavy atom. The van der Waals surface area contributed by atoms with Gasteiger partial charge >= 0.3 is 18.1 Å². The first-order chi connectivity index (χ1) is 13.0. The van der Waals surface area contributed by atoms with Crippen molar-refractivity contribution >= 4 is 23.5 Å². The van der Waals surface area contributed by atoms with Crippen LogP contribution in [0, 0.1) is 5.92 Å². The average molecular weight is 426 g/mol. The number of hydrogen-bond donors (Lipinski definition) is 2. The lowest BCUT2D eigenvalue weighted by molar-refractivity contribution is -0.192. The van der Waals surface area contributed by atoms with Crippen LogP contribution in [0.5, 0.6) is 5.75 Å². The Morgan fingerprint density at radius 2 is 1.96 bits per heavy atom. The summed E-state index contributed by atoms with van der Waals surface area (Å²) in [5, 5.41) is 16.6. The lowest BCUT2D eigenvalue weighted by Gasteiger charge is -2.33. The number of carboxylic acid groups (broad SMARTS) is 2. The van der Waals surface area contributed by atoms with E-state index in [0.717, 1.165) is 50.2 Å². The molecule has 1 aromatic rings. The van der Waals surface area contributed by atoms with Gasteiger partial charge in [0.25, 0.3) is 0 Å². The third-order valence-corrected chi connectivity index (χ3v) is 4.48. The minimum Gasteiger partial charge on any atom is -0.496 e. The van der Waals surface area contributed by atoms with Crippen LogP contribution in [0.4, 0.5) is 13.2 Å². The molecule has 1 aliphatic rings. The van der Waals surface area contributed by atoms with E-state index < -0.39 is 18.1 Å². The second-order valence-corrected chi connectivity index (χ2v) is 6.87. The number of alkyl halides is 3. The minimum absolute atomic E-state index is 0.263. The fourth-order valence-electron chi connectivity index (χ4n) is 2.97. The molecule has 1 aliphatic heterocycles. The van der Waals surface area contributed by atoms with Crippen molar-refractivity contribution in [2.24, 2.45) is 5.92 Å². The Balaban J connectivity index is 0.000000480. The molecule has 10 heteroatoms. The van der Waals surface area contributed by atoms with Gasteiger partial charge in [-0.05, 0) is 49.9 Å². The largest absolute Gasteiger partial charge is 0.496 e. The van der Waals surface area contributed by atoms with Crippen LogP contribution in [0.3, 0.4) is 0 Å². The molecule has 0 radical (unpaired) electrons. The molecule has 0 spiro atoms. The van der Waals surface area contributed by atoms with Crippen molar-refractivity contribution in [2.75, 3.05) is 20.2 Å². The molecule has 6 nitrogen and oxygen atoms in total. The van der Waals surface area contributed by atoms with Gasteiger partial charge in [-0.1, -0.05) is 11.6 Å². The lowest BCUT2D eigenvalue weighted by Crippen LogP contribution is -2.35. The summed E-state index contributed by atoms with van der Waals surface area (Å²) in [7, 11) is 1.67. The number of carboxylic acids is 2. The van der Waals surface area contributed by atoms with Gasteiger partial charge < -0.3 is 14.9 Å². The van der Waals surface area contributed by atoms with Gasteiger partial charge in [0.15, 0.2) is 0 Å². The van der Waals surface area contributed by atoms with Crippen molar-refractivity contribution in [3.63, 3.8) is 0 Å². The molecule has 0 amide bonds. The molecule has 1 fully saturated rings. The first kappa shape index (κ1) is 24.0. The van der Waals surface area contributed by atoms with Gasteiger partial charge in [0.1, 0.15) is 5.75 Å². The molecular weight excluding hydrogens is 403 g/mol. The first-order valence-corrected chi connectivity index (χ1v) is 8.97. The third kappa shape index (κ3) is 8.79. The van der Waals surface area contributed by atoms with Crippen LogP contribution < -0.4 is 4.74 Å². The maximum absolute atomic E-state index is 10.7. The summed E-state index contributed by atoms with van der Waals surface area (Å²) in [6.45, 7) is 2.79. The molecule has 1 aromatic carbocycles. The molecule has 0 aliphatic carbocycles. The van der Waals surface area contributed by atoms with Crippen molar-refractivity contribution in [2.45, 2.75) is 38.4 Å². The average Bonchev–Trinajstić information content (AvgIpc) is 2.60. The van der Waals surface area contributed by atoms with Gasteiger partial charge in [-0.15, -0.1) is 0 Å². The number of rotatable bonds is 6. The van der Waals surface area contributed by atoms with Gasteiger partial charge in [-0.2, -0.15) is 13.2 Å². The van der Waals surface area contributed by atoms with Crippen LogP contribution in [0.15, 0.2) is 18.2 Å². The number of halogens is 4. The number of carbonyl (C=O) groups is 2. The summed E-state index contributed by atoms with van der Waals surface area (Å²) in [5.41, 5.74) is 1.09. The fraction of sp³-hybridized carbons (Fsp3) is 0.556. The van der Waals surface area contributed by atoms with E-state index >= 15 is 0 Å². The molecule has 1 atom stereocenters. The number of benzene rings is 1. The Kier molecular flexibility index (Phi) is 9.54. The Bertz CT molecular complexity index is 669. The van der Waals surface area contributed by atoms with Gasteiger partial charge in [0.05, 0.1) is 7.11 Å². The van der Waals surface area contributed by atoms with Gasteiger partial charge in [0.2, 0.25) is 0 Å². The van der Waals surface area contributed by atoms with E-state index in [4.69, 9.17) is 31.3 Å². The zero-order chi connectivity index (χ0) is 21.3. The molecule has 28 heavy (non-hydrogen) atoms. The summed E-state index contributed by atoms with van der Waals surface area (Å²) in [4.78, 5) is 22.0. The van der Waals surface area contributed by atoms with Crippen LogP contribution in [-0.4, -0.2) is 53.4 Å². The minimum atomic E-state index is -5.08.